The normalized spacial score (nSPS) is 10.4. The Balaban J connectivity index is 2.57. The molecule has 1 heterocycles. The van der Waals surface area contributed by atoms with Gasteiger partial charge in [-0.15, -0.1) is 0 Å². The molecule has 18 heavy (non-hydrogen) atoms. The Bertz CT molecular complexity index is 454. The van der Waals surface area contributed by atoms with Crippen LogP contribution in [0.15, 0.2) is 17.1 Å². The number of nitrogens with one attached hydrogen (secondary N) is 2. The van der Waals surface area contributed by atoms with Crippen LogP contribution < -0.4 is 16.2 Å². The molecule has 6 heteroatoms. The predicted molar refractivity (Wildman–Crippen MR) is 70.6 cm³/mol. The van der Waals surface area contributed by atoms with Crippen LogP contribution in [0, 0.1) is 0 Å². The van der Waals surface area contributed by atoms with Crippen LogP contribution in [0.25, 0.3) is 0 Å². The molecule has 0 aliphatic rings. The SMILES string of the molecule is CNC(=O)CCCn1ncc(NC(C)C)cc1=O. The van der Waals surface area contributed by atoms with E-state index in [1.54, 1.807) is 13.2 Å². The van der Waals surface area contributed by atoms with Crippen molar-refractivity contribution in [3.05, 3.63) is 22.6 Å². The maximum atomic E-state index is 11.7. The molecular formula is C12H20N4O2. The third kappa shape index (κ3) is 4.57. The second-order valence-electron chi connectivity index (χ2n) is 4.38. The highest BCUT2D eigenvalue weighted by atomic mass is 16.1. The maximum Gasteiger partial charge on any atom is 0.268 e. The van der Waals surface area contributed by atoms with Gasteiger partial charge in [0.15, 0.2) is 0 Å². The first-order chi connectivity index (χ1) is 8.52. The standard InChI is InChI=1S/C12H20N4O2/c1-9(2)15-10-7-12(18)16(14-8-10)6-4-5-11(17)13-3/h7-9,15H,4-6H2,1-3H3,(H,13,17). The average molecular weight is 252 g/mol. The summed E-state index contributed by atoms with van der Waals surface area (Å²) in [6.45, 7) is 4.44. The van der Waals surface area contributed by atoms with E-state index in [2.05, 4.69) is 15.7 Å². The molecule has 0 aromatic carbocycles. The zero-order valence-corrected chi connectivity index (χ0v) is 11.1. The van der Waals surface area contributed by atoms with Crippen molar-refractivity contribution in [1.82, 2.24) is 15.1 Å². The summed E-state index contributed by atoms with van der Waals surface area (Å²) in [6, 6.07) is 1.78. The minimum Gasteiger partial charge on any atom is -0.381 e. The lowest BCUT2D eigenvalue weighted by atomic mass is 10.3. The molecule has 6 nitrogen and oxygen atoms in total. The summed E-state index contributed by atoms with van der Waals surface area (Å²) in [5, 5.41) is 9.72. The first kappa shape index (κ1) is 14.2. The van der Waals surface area contributed by atoms with E-state index >= 15 is 0 Å². The number of rotatable bonds is 6. The fourth-order valence-corrected chi connectivity index (χ4v) is 1.53. The van der Waals surface area contributed by atoms with Crippen LogP contribution in [0.2, 0.25) is 0 Å². The number of aryl methyl sites for hydroxylation is 1. The minimum absolute atomic E-state index is 0.0267. The third-order valence-electron chi connectivity index (χ3n) is 2.38. The smallest absolute Gasteiger partial charge is 0.268 e. The van der Waals surface area contributed by atoms with Gasteiger partial charge in [0.25, 0.3) is 5.56 Å². The van der Waals surface area contributed by atoms with E-state index in [1.807, 2.05) is 13.8 Å². The predicted octanol–water partition coefficient (Wildman–Crippen LogP) is 0.590. The van der Waals surface area contributed by atoms with Crippen LogP contribution in [0.1, 0.15) is 26.7 Å². The first-order valence-corrected chi connectivity index (χ1v) is 6.07. The molecule has 1 aromatic heterocycles. The molecule has 0 atom stereocenters. The van der Waals surface area contributed by atoms with Gasteiger partial charge < -0.3 is 10.6 Å². The van der Waals surface area contributed by atoms with Gasteiger partial charge in [0.1, 0.15) is 0 Å². The summed E-state index contributed by atoms with van der Waals surface area (Å²) in [4.78, 5) is 22.8. The van der Waals surface area contributed by atoms with Crippen molar-refractivity contribution in [3.63, 3.8) is 0 Å². The Morgan fingerprint density at radius 3 is 2.78 bits per heavy atom. The Hall–Kier alpha value is -1.85. The lowest BCUT2D eigenvalue weighted by Gasteiger charge is -2.10. The van der Waals surface area contributed by atoms with Crippen LogP contribution in [0.3, 0.4) is 0 Å². The van der Waals surface area contributed by atoms with E-state index in [-0.39, 0.29) is 17.5 Å². The van der Waals surface area contributed by atoms with Crippen LogP contribution in [-0.2, 0) is 11.3 Å². The molecule has 0 bridgehead atoms. The molecule has 2 N–H and O–H groups in total. The molecular weight excluding hydrogens is 232 g/mol. The molecule has 0 spiro atoms. The van der Waals surface area contributed by atoms with Crippen LogP contribution in [-0.4, -0.2) is 28.8 Å². The van der Waals surface area contributed by atoms with Gasteiger partial charge in [-0.25, -0.2) is 4.68 Å². The second kappa shape index (κ2) is 6.78. The van der Waals surface area contributed by atoms with Crippen molar-refractivity contribution in [2.24, 2.45) is 0 Å². The number of hydrogen-bond donors (Lipinski definition) is 2. The fourth-order valence-electron chi connectivity index (χ4n) is 1.53. The number of hydrogen-bond acceptors (Lipinski definition) is 4. The van der Waals surface area contributed by atoms with E-state index < -0.39 is 0 Å². The van der Waals surface area contributed by atoms with Crippen molar-refractivity contribution < 1.29 is 4.79 Å². The van der Waals surface area contributed by atoms with Gasteiger partial charge in [-0.05, 0) is 20.3 Å². The third-order valence-corrected chi connectivity index (χ3v) is 2.38. The van der Waals surface area contributed by atoms with E-state index in [1.165, 1.54) is 10.7 Å². The van der Waals surface area contributed by atoms with Crippen molar-refractivity contribution in [2.45, 2.75) is 39.3 Å². The Kier molecular flexibility index (Phi) is 5.35. The fraction of sp³-hybridized carbons (Fsp3) is 0.583. The number of carbonyl (C=O) groups is 1. The second-order valence-corrected chi connectivity index (χ2v) is 4.38. The van der Waals surface area contributed by atoms with Crippen LogP contribution in [0.4, 0.5) is 5.69 Å². The molecule has 0 fully saturated rings. The molecule has 0 saturated carbocycles. The number of nitrogens with zero attached hydrogens (tertiary/aromatic N) is 2. The van der Waals surface area contributed by atoms with E-state index in [9.17, 15) is 9.59 Å². The highest BCUT2D eigenvalue weighted by Crippen LogP contribution is 2.02. The molecule has 0 saturated heterocycles. The van der Waals surface area contributed by atoms with Gasteiger partial charge in [-0.3, -0.25) is 9.59 Å². The van der Waals surface area contributed by atoms with Crippen molar-refractivity contribution >= 4 is 11.6 Å². The molecule has 0 aliphatic heterocycles. The van der Waals surface area contributed by atoms with Crippen LogP contribution >= 0.6 is 0 Å². The molecule has 0 radical (unpaired) electrons. The summed E-state index contributed by atoms with van der Waals surface area (Å²) in [7, 11) is 1.60. The quantitative estimate of drug-likeness (QED) is 0.777. The summed E-state index contributed by atoms with van der Waals surface area (Å²) in [5.41, 5.74) is 0.565. The van der Waals surface area contributed by atoms with Gasteiger partial charge in [-0.2, -0.15) is 5.10 Å². The monoisotopic (exact) mass is 252 g/mol. The average Bonchev–Trinajstić information content (AvgIpc) is 2.31. The highest BCUT2D eigenvalue weighted by Gasteiger charge is 2.03. The van der Waals surface area contributed by atoms with E-state index in [0.717, 1.165) is 5.69 Å². The van der Waals surface area contributed by atoms with Gasteiger partial charge in [0.2, 0.25) is 5.91 Å². The van der Waals surface area contributed by atoms with Crippen molar-refractivity contribution in [1.29, 1.82) is 0 Å². The molecule has 1 rings (SSSR count). The summed E-state index contributed by atoms with van der Waals surface area (Å²) >= 11 is 0. The summed E-state index contributed by atoms with van der Waals surface area (Å²) in [5.74, 6) is -0.0267. The molecule has 0 unspecified atom stereocenters. The maximum absolute atomic E-state index is 11.7. The molecule has 0 aliphatic carbocycles. The first-order valence-electron chi connectivity index (χ1n) is 6.07. The number of aromatic nitrogens is 2. The zero-order valence-electron chi connectivity index (χ0n) is 11.1. The topological polar surface area (TPSA) is 76.0 Å². The van der Waals surface area contributed by atoms with E-state index in [4.69, 9.17) is 0 Å². The lowest BCUT2D eigenvalue weighted by molar-refractivity contribution is -0.120. The van der Waals surface area contributed by atoms with Crippen molar-refractivity contribution in [3.8, 4) is 0 Å². The minimum atomic E-state index is -0.155. The number of anilines is 1. The number of carbonyl (C=O) groups excluding carboxylic acids is 1. The molecule has 100 valence electrons. The zero-order chi connectivity index (χ0) is 13.5. The van der Waals surface area contributed by atoms with Crippen molar-refractivity contribution in [2.75, 3.05) is 12.4 Å². The Morgan fingerprint density at radius 2 is 2.22 bits per heavy atom. The van der Waals surface area contributed by atoms with Gasteiger partial charge in [0.05, 0.1) is 11.9 Å². The van der Waals surface area contributed by atoms with E-state index in [0.29, 0.717) is 19.4 Å². The van der Waals surface area contributed by atoms with Crippen LogP contribution in [0.5, 0.6) is 0 Å². The molecule has 1 amide bonds. The lowest BCUT2D eigenvalue weighted by Crippen LogP contribution is -2.25. The summed E-state index contributed by atoms with van der Waals surface area (Å²) < 4.78 is 1.37. The largest absolute Gasteiger partial charge is 0.381 e. The Morgan fingerprint density at radius 1 is 1.50 bits per heavy atom. The van der Waals surface area contributed by atoms with Gasteiger partial charge in [0, 0.05) is 32.1 Å². The Labute approximate surface area is 106 Å². The van der Waals surface area contributed by atoms with Gasteiger partial charge in [-0.1, -0.05) is 0 Å². The van der Waals surface area contributed by atoms with Gasteiger partial charge >= 0.3 is 0 Å². The molecule has 1 aromatic rings. The number of amides is 1. The highest BCUT2D eigenvalue weighted by molar-refractivity contribution is 5.75. The summed E-state index contributed by atoms with van der Waals surface area (Å²) in [6.07, 6.45) is 2.63.